The zero-order valence-electron chi connectivity index (χ0n) is 6.53. The van der Waals surface area contributed by atoms with E-state index in [1.54, 1.807) is 6.20 Å². The molecule has 2 aromatic rings. The van der Waals surface area contributed by atoms with E-state index in [-0.39, 0.29) is 6.01 Å². The molecule has 0 aliphatic rings. The van der Waals surface area contributed by atoms with Crippen LogP contribution in [-0.2, 0) is 0 Å². The second-order valence-corrected chi connectivity index (χ2v) is 2.50. The number of hydrogen-bond donors (Lipinski definition) is 2. The molecule has 2 heterocycles. The molecule has 0 aliphatic carbocycles. The normalized spacial score (nSPS) is 10.4. The summed E-state index contributed by atoms with van der Waals surface area (Å²) in [6, 6.07) is 2.02. The van der Waals surface area contributed by atoms with Gasteiger partial charge in [0.2, 0.25) is 0 Å². The number of aryl methyl sites for hydroxylation is 1. The van der Waals surface area contributed by atoms with Gasteiger partial charge in [-0.1, -0.05) is 0 Å². The Bertz CT molecular complexity index is 351. The monoisotopic (exact) mass is 164 g/mol. The van der Waals surface area contributed by atoms with E-state index in [0.717, 1.165) is 11.4 Å². The van der Waals surface area contributed by atoms with Crippen molar-refractivity contribution in [1.29, 1.82) is 0 Å². The number of hydrogen-bond acceptors (Lipinski definition) is 4. The molecule has 0 atom stereocenters. The molecule has 0 aromatic carbocycles. The summed E-state index contributed by atoms with van der Waals surface area (Å²) in [5, 5.41) is 6.78. The third kappa shape index (κ3) is 1.05. The van der Waals surface area contributed by atoms with E-state index in [2.05, 4.69) is 15.2 Å². The van der Waals surface area contributed by atoms with Gasteiger partial charge >= 0.3 is 0 Å². The summed E-state index contributed by atoms with van der Waals surface area (Å²) in [7, 11) is 0. The van der Waals surface area contributed by atoms with Crippen molar-refractivity contribution in [3.63, 3.8) is 0 Å². The van der Waals surface area contributed by atoms with E-state index in [1.165, 1.54) is 0 Å². The Morgan fingerprint density at radius 2 is 2.42 bits per heavy atom. The zero-order valence-corrected chi connectivity index (χ0v) is 6.53. The third-order valence-electron chi connectivity index (χ3n) is 1.48. The number of nitrogens with two attached hydrogens (primary N) is 1. The molecule has 2 rings (SSSR count). The molecule has 3 N–H and O–H groups in total. The van der Waals surface area contributed by atoms with Crippen molar-refractivity contribution in [3.8, 4) is 11.5 Å². The number of anilines is 1. The number of nitrogen functional groups attached to an aromatic ring is 1. The molecular formula is C7H8N4O. The quantitative estimate of drug-likeness (QED) is 0.657. The second-order valence-electron chi connectivity index (χ2n) is 2.50. The molecule has 0 amide bonds. The summed E-state index contributed by atoms with van der Waals surface area (Å²) in [6.07, 6.45) is 1.55. The zero-order chi connectivity index (χ0) is 8.55. The van der Waals surface area contributed by atoms with E-state index < -0.39 is 0 Å². The third-order valence-corrected chi connectivity index (χ3v) is 1.48. The molecule has 12 heavy (non-hydrogen) atoms. The maximum Gasteiger partial charge on any atom is 0.292 e. The Labute approximate surface area is 68.6 Å². The highest BCUT2D eigenvalue weighted by atomic mass is 16.4. The van der Waals surface area contributed by atoms with Gasteiger partial charge in [0.1, 0.15) is 5.69 Å². The highest BCUT2D eigenvalue weighted by Crippen LogP contribution is 2.18. The standard InChI is InChI=1S/C7H8N4O/c1-4-2-5(11-10-4)6-3-9-7(8)12-6/h2-3H,1H3,(H2,8,9)(H,10,11). The number of rotatable bonds is 1. The summed E-state index contributed by atoms with van der Waals surface area (Å²) in [6.45, 7) is 1.91. The molecule has 0 spiro atoms. The highest BCUT2D eigenvalue weighted by molar-refractivity contribution is 5.51. The Morgan fingerprint density at radius 3 is 2.92 bits per heavy atom. The molecule has 0 radical (unpaired) electrons. The van der Waals surface area contributed by atoms with Crippen molar-refractivity contribution in [3.05, 3.63) is 18.0 Å². The van der Waals surface area contributed by atoms with Crippen molar-refractivity contribution in [2.24, 2.45) is 0 Å². The van der Waals surface area contributed by atoms with Crippen molar-refractivity contribution in [2.75, 3.05) is 5.73 Å². The molecule has 5 nitrogen and oxygen atoms in total. The first-order valence-corrected chi connectivity index (χ1v) is 3.49. The largest absolute Gasteiger partial charge is 0.422 e. The van der Waals surface area contributed by atoms with E-state index in [0.29, 0.717) is 5.76 Å². The molecule has 62 valence electrons. The topological polar surface area (TPSA) is 80.7 Å². The number of oxazole rings is 1. The van der Waals surface area contributed by atoms with Crippen LogP contribution in [-0.4, -0.2) is 15.2 Å². The van der Waals surface area contributed by atoms with Gasteiger partial charge in [0.15, 0.2) is 5.76 Å². The van der Waals surface area contributed by atoms with Crippen LogP contribution in [0.3, 0.4) is 0 Å². The number of nitrogens with one attached hydrogen (secondary N) is 1. The van der Waals surface area contributed by atoms with Crippen LogP contribution >= 0.6 is 0 Å². The predicted molar refractivity (Wildman–Crippen MR) is 43.2 cm³/mol. The predicted octanol–water partition coefficient (Wildman–Crippen LogP) is 0.955. The molecule has 5 heteroatoms. The summed E-state index contributed by atoms with van der Waals surface area (Å²) in [4.78, 5) is 3.76. The maximum atomic E-state index is 5.31. The van der Waals surface area contributed by atoms with Crippen molar-refractivity contribution < 1.29 is 4.42 Å². The first kappa shape index (κ1) is 6.90. The van der Waals surface area contributed by atoms with Gasteiger partial charge in [0, 0.05) is 5.69 Å². The molecule has 0 aliphatic heterocycles. The fourth-order valence-corrected chi connectivity index (χ4v) is 0.950. The van der Waals surface area contributed by atoms with Crippen LogP contribution in [0.4, 0.5) is 6.01 Å². The Balaban J connectivity index is 2.43. The number of aromatic nitrogens is 3. The SMILES string of the molecule is Cc1cc(-c2cnc(N)o2)n[nH]1. The first-order chi connectivity index (χ1) is 5.75. The molecule has 2 aromatic heterocycles. The summed E-state index contributed by atoms with van der Waals surface area (Å²) in [5.41, 5.74) is 7.00. The summed E-state index contributed by atoms with van der Waals surface area (Å²) < 4.78 is 5.07. The average Bonchev–Trinajstić information content (AvgIpc) is 2.58. The van der Waals surface area contributed by atoms with E-state index in [1.807, 2.05) is 13.0 Å². The van der Waals surface area contributed by atoms with E-state index >= 15 is 0 Å². The lowest BCUT2D eigenvalue weighted by molar-refractivity contribution is 0.592. The fourth-order valence-electron chi connectivity index (χ4n) is 0.950. The number of H-pyrrole nitrogens is 1. The second kappa shape index (κ2) is 2.37. The van der Waals surface area contributed by atoms with Crippen LogP contribution in [0, 0.1) is 6.92 Å². The fraction of sp³-hybridized carbons (Fsp3) is 0.143. The van der Waals surface area contributed by atoms with Gasteiger partial charge in [-0.05, 0) is 13.0 Å². The molecule has 0 unspecified atom stereocenters. The van der Waals surface area contributed by atoms with Crippen LogP contribution in [0.15, 0.2) is 16.7 Å². The minimum absolute atomic E-state index is 0.158. The number of nitrogens with zero attached hydrogens (tertiary/aromatic N) is 2. The molecule has 0 fully saturated rings. The lowest BCUT2D eigenvalue weighted by Gasteiger charge is -1.83. The van der Waals surface area contributed by atoms with Crippen molar-refractivity contribution >= 4 is 6.01 Å². The minimum Gasteiger partial charge on any atom is -0.422 e. The highest BCUT2D eigenvalue weighted by Gasteiger charge is 2.06. The van der Waals surface area contributed by atoms with Gasteiger partial charge in [-0.2, -0.15) is 5.10 Å². The van der Waals surface area contributed by atoms with Gasteiger partial charge in [-0.3, -0.25) is 5.10 Å². The Hall–Kier alpha value is -1.78. The van der Waals surface area contributed by atoms with Gasteiger partial charge < -0.3 is 10.2 Å². The van der Waals surface area contributed by atoms with Gasteiger partial charge in [-0.25, -0.2) is 4.98 Å². The Morgan fingerprint density at radius 1 is 1.58 bits per heavy atom. The van der Waals surface area contributed by atoms with Gasteiger partial charge in [0.25, 0.3) is 6.01 Å². The van der Waals surface area contributed by atoms with Crippen LogP contribution in [0.2, 0.25) is 0 Å². The van der Waals surface area contributed by atoms with Gasteiger partial charge in [-0.15, -0.1) is 0 Å². The van der Waals surface area contributed by atoms with Crippen molar-refractivity contribution in [1.82, 2.24) is 15.2 Å². The van der Waals surface area contributed by atoms with Crippen molar-refractivity contribution in [2.45, 2.75) is 6.92 Å². The van der Waals surface area contributed by atoms with Gasteiger partial charge in [0.05, 0.1) is 6.20 Å². The number of aromatic amines is 1. The van der Waals surface area contributed by atoms with E-state index in [9.17, 15) is 0 Å². The molecule has 0 saturated carbocycles. The lowest BCUT2D eigenvalue weighted by atomic mass is 10.3. The molecular weight excluding hydrogens is 156 g/mol. The van der Waals surface area contributed by atoms with Crippen LogP contribution in [0.1, 0.15) is 5.69 Å². The molecule has 0 saturated heterocycles. The smallest absolute Gasteiger partial charge is 0.292 e. The van der Waals surface area contributed by atoms with Crippen LogP contribution in [0.25, 0.3) is 11.5 Å². The summed E-state index contributed by atoms with van der Waals surface area (Å²) >= 11 is 0. The maximum absolute atomic E-state index is 5.31. The minimum atomic E-state index is 0.158. The van der Waals surface area contributed by atoms with E-state index in [4.69, 9.17) is 10.2 Å². The molecule has 0 bridgehead atoms. The van der Waals surface area contributed by atoms with Crippen LogP contribution in [0.5, 0.6) is 0 Å². The first-order valence-electron chi connectivity index (χ1n) is 3.49. The average molecular weight is 164 g/mol. The summed E-state index contributed by atoms with van der Waals surface area (Å²) in [5.74, 6) is 0.580. The lowest BCUT2D eigenvalue weighted by Crippen LogP contribution is -1.80. The Kier molecular flexibility index (Phi) is 1.36. The van der Waals surface area contributed by atoms with Crippen LogP contribution < -0.4 is 5.73 Å².